The number of carboxylic acids is 1. The summed E-state index contributed by atoms with van der Waals surface area (Å²) in [6, 6.07) is 13.7. The second-order valence-corrected chi connectivity index (χ2v) is 8.20. The molecule has 0 spiro atoms. The molecule has 0 bridgehead atoms. The first kappa shape index (κ1) is 20.8. The quantitative estimate of drug-likeness (QED) is 0.438. The van der Waals surface area contributed by atoms with E-state index in [0.717, 1.165) is 15.2 Å². The van der Waals surface area contributed by atoms with Crippen molar-refractivity contribution < 1.29 is 32.5 Å². The molecule has 0 aromatic heterocycles. The van der Waals surface area contributed by atoms with Crippen LogP contribution in [0.4, 0.5) is 13.2 Å². The van der Waals surface area contributed by atoms with Crippen molar-refractivity contribution in [1.82, 2.24) is 0 Å². The summed E-state index contributed by atoms with van der Waals surface area (Å²) in [6.07, 6.45) is -7.62. The number of fused-ring (bicyclic) bond motifs is 2. The van der Waals surface area contributed by atoms with E-state index in [2.05, 4.69) is 15.9 Å². The van der Waals surface area contributed by atoms with E-state index in [1.165, 1.54) is 12.1 Å². The third-order valence-corrected chi connectivity index (χ3v) is 5.60. The highest BCUT2D eigenvalue weighted by Gasteiger charge is 2.52. The van der Waals surface area contributed by atoms with Crippen LogP contribution < -0.4 is 9.47 Å². The Balaban J connectivity index is 1.67. The van der Waals surface area contributed by atoms with Gasteiger partial charge in [-0.15, -0.1) is 0 Å². The first-order chi connectivity index (χ1) is 14.1. The minimum atomic E-state index is -4.83. The monoisotopic (exact) mass is 500 g/mol. The molecule has 0 fully saturated rings. The molecular weight excluding hydrogens is 489 g/mol. The molecule has 9 heteroatoms. The van der Waals surface area contributed by atoms with Crippen LogP contribution in [0.5, 0.6) is 17.2 Å². The second-order valence-electron chi connectivity index (χ2n) is 6.87. The molecule has 0 unspecified atom stereocenters. The Bertz CT molecular complexity index is 1150. The van der Waals surface area contributed by atoms with Gasteiger partial charge >= 0.3 is 12.1 Å². The molecular formula is C21H13BrClF3O4. The van der Waals surface area contributed by atoms with Crippen molar-refractivity contribution in [2.45, 2.75) is 18.7 Å². The molecule has 4 nitrogen and oxygen atoms in total. The zero-order chi connectivity index (χ0) is 21.6. The lowest BCUT2D eigenvalue weighted by atomic mass is 9.90. The van der Waals surface area contributed by atoms with Crippen molar-refractivity contribution in [1.29, 1.82) is 0 Å². The van der Waals surface area contributed by atoms with E-state index in [1.807, 2.05) is 24.3 Å². The van der Waals surface area contributed by atoms with Gasteiger partial charge in [0.1, 0.15) is 23.2 Å². The number of aliphatic carboxylic acids is 1. The van der Waals surface area contributed by atoms with Crippen LogP contribution >= 0.6 is 27.5 Å². The predicted octanol–water partition coefficient (Wildman–Crippen LogP) is 6.61. The Morgan fingerprint density at radius 2 is 1.83 bits per heavy atom. The average molecular weight is 502 g/mol. The molecule has 0 aliphatic carbocycles. The molecule has 1 heterocycles. The number of hydrogen-bond donors (Lipinski definition) is 1. The largest absolute Gasteiger partial charge is 0.481 e. The van der Waals surface area contributed by atoms with E-state index >= 15 is 0 Å². The third-order valence-electron chi connectivity index (χ3n) is 4.82. The molecule has 156 valence electrons. The zero-order valence-electron chi connectivity index (χ0n) is 15.0. The van der Waals surface area contributed by atoms with Gasteiger partial charge in [0.15, 0.2) is 0 Å². The van der Waals surface area contributed by atoms with E-state index in [1.54, 1.807) is 12.1 Å². The van der Waals surface area contributed by atoms with Crippen molar-refractivity contribution >= 4 is 44.3 Å². The van der Waals surface area contributed by atoms with Gasteiger partial charge in [-0.25, -0.2) is 0 Å². The SMILES string of the molecule is O=C(O)[C@@H]1Cc2cc(Cl)c(Oc3ccc4cc(Br)ccc4c3)cc2O[C@@H]1C(F)(F)F. The maximum atomic E-state index is 13.3. The van der Waals surface area contributed by atoms with Crippen LogP contribution in [0.2, 0.25) is 5.02 Å². The van der Waals surface area contributed by atoms with Gasteiger partial charge in [0.05, 0.1) is 5.02 Å². The van der Waals surface area contributed by atoms with Gasteiger partial charge in [-0.05, 0) is 53.1 Å². The molecule has 4 rings (SSSR count). The van der Waals surface area contributed by atoms with Crippen molar-refractivity contribution in [3.63, 3.8) is 0 Å². The van der Waals surface area contributed by atoms with E-state index in [4.69, 9.17) is 21.1 Å². The van der Waals surface area contributed by atoms with Gasteiger partial charge in [-0.1, -0.05) is 39.7 Å². The summed E-state index contributed by atoms with van der Waals surface area (Å²) < 4.78 is 51.7. The molecule has 1 N–H and O–H groups in total. The lowest BCUT2D eigenvalue weighted by Crippen LogP contribution is -2.47. The van der Waals surface area contributed by atoms with Crippen LogP contribution in [-0.4, -0.2) is 23.4 Å². The Kier molecular flexibility index (Phi) is 5.32. The molecule has 1 aliphatic heterocycles. The summed E-state index contributed by atoms with van der Waals surface area (Å²) in [6.45, 7) is 0. The minimum absolute atomic E-state index is 0.0982. The normalized spacial score (nSPS) is 18.6. The first-order valence-corrected chi connectivity index (χ1v) is 9.94. The highest BCUT2D eigenvalue weighted by Crippen LogP contribution is 2.43. The molecule has 0 saturated heterocycles. The summed E-state index contributed by atoms with van der Waals surface area (Å²) in [5, 5.41) is 11.2. The Hall–Kier alpha value is -2.45. The van der Waals surface area contributed by atoms with Gasteiger partial charge in [-0.2, -0.15) is 13.2 Å². The fraction of sp³-hybridized carbons (Fsp3) is 0.190. The van der Waals surface area contributed by atoms with Crippen molar-refractivity contribution in [2.75, 3.05) is 0 Å². The highest BCUT2D eigenvalue weighted by molar-refractivity contribution is 9.10. The van der Waals surface area contributed by atoms with Gasteiger partial charge < -0.3 is 14.6 Å². The van der Waals surface area contributed by atoms with Crippen LogP contribution in [0.1, 0.15) is 5.56 Å². The Morgan fingerprint density at radius 3 is 2.53 bits per heavy atom. The molecule has 3 aromatic carbocycles. The number of ether oxygens (including phenoxy) is 2. The van der Waals surface area contributed by atoms with Crippen LogP contribution in [-0.2, 0) is 11.2 Å². The zero-order valence-corrected chi connectivity index (χ0v) is 17.4. The predicted molar refractivity (Wildman–Crippen MR) is 108 cm³/mol. The molecule has 0 radical (unpaired) electrons. The first-order valence-electron chi connectivity index (χ1n) is 8.77. The molecule has 30 heavy (non-hydrogen) atoms. The lowest BCUT2D eigenvalue weighted by molar-refractivity contribution is -0.217. The van der Waals surface area contributed by atoms with E-state index in [9.17, 15) is 23.1 Å². The number of halogens is 5. The molecule has 1 aliphatic rings. The number of benzene rings is 3. The maximum Gasteiger partial charge on any atom is 0.426 e. The lowest BCUT2D eigenvalue weighted by Gasteiger charge is -2.32. The average Bonchev–Trinajstić information content (AvgIpc) is 2.67. The number of carbonyl (C=O) groups is 1. The van der Waals surface area contributed by atoms with E-state index < -0.39 is 24.2 Å². The maximum absolute atomic E-state index is 13.3. The molecule has 2 atom stereocenters. The van der Waals surface area contributed by atoms with Crippen LogP contribution in [0.3, 0.4) is 0 Å². The summed E-state index contributed by atoms with van der Waals surface area (Å²) in [5.41, 5.74) is 0.281. The van der Waals surface area contributed by atoms with Gasteiger partial charge in [0.25, 0.3) is 0 Å². The standard InChI is InChI=1S/C21H13BrClF3O4/c22-13-3-1-11-6-14(4-2-10(11)5-13)29-18-9-17-12(8-16(18)23)7-15(20(27)28)19(30-17)21(24,25)26/h1-6,8-9,15,19H,7H2,(H,27,28)/t15-,19+/m1/s1. The van der Waals surface area contributed by atoms with E-state index in [-0.39, 0.29) is 28.5 Å². The Morgan fingerprint density at radius 1 is 1.13 bits per heavy atom. The van der Waals surface area contributed by atoms with Crippen molar-refractivity contribution in [3.05, 3.63) is 63.6 Å². The third kappa shape index (κ3) is 4.06. The number of carboxylic acid groups (broad SMARTS) is 1. The Labute approximate surface area is 182 Å². The van der Waals surface area contributed by atoms with Crippen LogP contribution in [0.25, 0.3) is 10.8 Å². The van der Waals surface area contributed by atoms with Crippen LogP contribution in [0, 0.1) is 5.92 Å². The molecule has 0 saturated carbocycles. The van der Waals surface area contributed by atoms with Crippen molar-refractivity contribution in [3.8, 4) is 17.2 Å². The second kappa shape index (κ2) is 7.67. The molecule has 3 aromatic rings. The fourth-order valence-corrected chi connectivity index (χ4v) is 3.99. The molecule has 0 amide bonds. The highest BCUT2D eigenvalue weighted by atomic mass is 79.9. The summed E-state index contributed by atoms with van der Waals surface area (Å²) in [4.78, 5) is 11.3. The summed E-state index contributed by atoms with van der Waals surface area (Å²) >= 11 is 9.65. The van der Waals surface area contributed by atoms with Crippen molar-refractivity contribution in [2.24, 2.45) is 5.92 Å². The van der Waals surface area contributed by atoms with Gasteiger partial charge in [-0.3, -0.25) is 4.79 Å². The minimum Gasteiger partial charge on any atom is -0.481 e. The van der Waals surface area contributed by atoms with E-state index in [0.29, 0.717) is 5.75 Å². The summed E-state index contributed by atoms with van der Waals surface area (Å²) in [5.74, 6) is -2.87. The topological polar surface area (TPSA) is 55.8 Å². The van der Waals surface area contributed by atoms with Gasteiger partial charge in [0, 0.05) is 10.5 Å². The van der Waals surface area contributed by atoms with Crippen LogP contribution in [0.15, 0.2) is 53.0 Å². The number of hydrogen-bond acceptors (Lipinski definition) is 3. The van der Waals surface area contributed by atoms with Gasteiger partial charge in [0.2, 0.25) is 6.10 Å². The smallest absolute Gasteiger partial charge is 0.426 e. The fourth-order valence-electron chi connectivity index (χ4n) is 3.38. The summed E-state index contributed by atoms with van der Waals surface area (Å²) in [7, 11) is 0. The number of rotatable bonds is 3. The number of alkyl halides is 3.